The zero-order valence-corrected chi connectivity index (χ0v) is 14.6. The van der Waals surface area contributed by atoms with Gasteiger partial charge in [-0.3, -0.25) is 4.79 Å². The second kappa shape index (κ2) is 6.75. The number of nitrogens with one attached hydrogen (secondary N) is 1. The van der Waals surface area contributed by atoms with Gasteiger partial charge in [-0.2, -0.15) is 0 Å². The van der Waals surface area contributed by atoms with E-state index in [1.807, 2.05) is 12.1 Å². The van der Waals surface area contributed by atoms with Crippen LogP contribution in [0.2, 0.25) is 0 Å². The molecule has 1 aliphatic rings. The van der Waals surface area contributed by atoms with Crippen molar-refractivity contribution in [3.8, 4) is 0 Å². The molecule has 0 fully saturated rings. The average molecular weight is 328 g/mol. The number of amides is 1. The number of benzene rings is 1. The minimum atomic E-state index is -0.0319. The van der Waals surface area contributed by atoms with Gasteiger partial charge in [0.1, 0.15) is 0 Å². The van der Waals surface area contributed by atoms with Gasteiger partial charge < -0.3 is 11.1 Å². The molecule has 3 nitrogen and oxygen atoms in total. The molecule has 0 spiro atoms. The second-order valence-electron chi connectivity index (χ2n) is 6.43. The minimum absolute atomic E-state index is 0.0319. The molecule has 2 aromatic rings. The summed E-state index contributed by atoms with van der Waals surface area (Å²) in [5, 5.41) is 3.70. The van der Waals surface area contributed by atoms with Crippen molar-refractivity contribution in [2.75, 3.05) is 5.73 Å². The van der Waals surface area contributed by atoms with E-state index in [-0.39, 0.29) is 5.91 Å². The molecule has 3 rings (SSSR count). The molecular weight excluding hydrogens is 304 g/mol. The Morgan fingerprint density at radius 1 is 1.35 bits per heavy atom. The predicted molar refractivity (Wildman–Crippen MR) is 96.9 cm³/mol. The second-order valence-corrected chi connectivity index (χ2v) is 7.57. The van der Waals surface area contributed by atoms with Gasteiger partial charge in [0.15, 0.2) is 0 Å². The quantitative estimate of drug-likeness (QED) is 0.888. The minimum Gasteiger partial charge on any atom is -0.390 e. The number of anilines is 1. The first kappa shape index (κ1) is 16.1. The van der Waals surface area contributed by atoms with Crippen LogP contribution in [0.15, 0.2) is 24.3 Å². The smallest absolute Gasteiger partial charge is 0.254 e. The van der Waals surface area contributed by atoms with E-state index in [0.29, 0.717) is 11.5 Å². The lowest BCUT2D eigenvalue weighted by Crippen LogP contribution is -2.25. The number of nitrogens with two attached hydrogens (primary N) is 1. The third-order valence-electron chi connectivity index (χ3n) is 4.77. The summed E-state index contributed by atoms with van der Waals surface area (Å²) in [7, 11) is 0. The van der Waals surface area contributed by atoms with Gasteiger partial charge >= 0.3 is 0 Å². The normalized spacial score (nSPS) is 16.9. The third kappa shape index (κ3) is 3.42. The molecule has 1 aliphatic carbocycles. The summed E-state index contributed by atoms with van der Waals surface area (Å²) in [6.45, 7) is 4.84. The Morgan fingerprint density at radius 3 is 2.78 bits per heavy atom. The van der Waals surface area contributed by atoms with Crippen LogP contribution >= 0.6 is 11.3 Å². The highest BCUT2D eigenvalue weighted by atomic mass is 32.1. The number of hydrogen-bond acceptors (Lipinski definition) is 3. The molecule has 23 heavy (non-hydrogen) atoms. The molecule has 1 amide bonds. The van der Waals surface area contributed by atoms with Gasteiger partial charge in [0.05, 0.1) is 10.6 Å². The van der Waals surface area contributed by atoms with Gasteiger partial charge in [0.25, 0.3) is 5.91 Å². The van der Waals surface area contributed by atoms with Gasteiger partial charge in [-0.1, -0.05) is 43.2 Å². The Kier molecular flexibility index (Phi) is 4.71. The molecule has 4 heteroatoms. The van der Waals surface area contributed by atoms with Crippen molar-refractivity contribution in [1.82, 2.24) is 5.32 Å². The largest absolute Gasteiger partial charge is 0.390 e. The van der Waals surface area contributed by atoms with Gasteiger partial charge in [-0.25, -0.2) is 0 Å². The number of nitrogen functional groups attached to an aromatic ring is 1. The Hall–Kier alpha value is -1.81. The fourth-order valence-electron chi connectivity index (χ4n) is 3.25. The summed E-state index contributed by atoms with van der Waals surface area (Å²) in [6, 6.07) is 8.22. The van der Waals surface area contributed by atoms with Crippen LogP contribution in [0.5, 0.6) is 0 Å². The van der Waals surface area contributed by atoms with Gasteiger partial charge in [-0.05, 0) is 43.2 Å². The van der Waals surface area contributed by atoms with E-state index in [4.69, 9.17) is 5.73 Å². The highest BCUT2D eigenvalue weighted by molar-refractivity contribution is 7.16. The van der Waals surface area contributed by atoms with Crippen LogP contribution in [0, 0.1) is 12.8 Å². The highest BCUT2D eigenvalue weighted by Gasteiger charge is 2.27. The van der Waals surface area contributed by atoms with Crippen molar-refractivity contribution in [2.45, 2.75) is 46.1 Å². The molecule has 0 radical (unpaired) electrons. The van der Waals surface area contributed by atoms with Crippen molar-refractivity contribution in [2.24, 2.45) is 5.92 Å². The van der Waals surface area contributed by atoms with Crippen molar-refractivity contribution in [3.63, 3.8) is 0 Å². The molecule has 0 unspecified atom stereocenters. The molecule has 1 aromatic carbocycles. The Morgan fingerprint density at radius 2 is 2.09 bits per heavy atom. The van der Waals surface area contributed by atoms with Gasteiger partial charge in [0, 0.05) is 11.4 Å². The lowest BCUT2D eigenvalue weighted by molar-refractivity contribution is 0.0951. The van der Waals surface area contributed by atoms with Crippen molar-refractivity contribution >= 4 is 22.2 Å². The summed E-state index contributed by atoms with van der Waals surface area (Å²) < 4.78 is 0. The fraction of sp³-hybridized carbons (Fsp3) is 0.421. The van der Waals surface area contributed by atoms with Crippen LogP contribution in [-0.4, -0.2) is 5.91 Å². The first-order valence-corrected chi connectivity index (χ1v) is 9.13. The molecule has 1 aromatic heterocycles. The van der Waals surface area contributed by atoms with E-state index in [2.05, 4.69) is 31.3 Å². The van der Waals surface area contributed by atoms with Crippen molar-refractivity contribution in [1.29, 1.82) is 0 Å². The topological polar surface area (TPSA) is 55.1 Å². The number of hydrogen-bond donors (Lipinski definition) is 2. The van der Waals surface area contributed by atoms with Crippen LogP contribution in [-0.2, 0) is 19.4 Å². The standard InChI is InChI=1S/C19H24N2OS/c1-3-13-8-9-15-16(10-13)23-18(20)17(15)19(22)21-11-14-6-4-12(2)5-7-14/h4-7,13H,3,8-11,20H2,1-2H3,(H,21,22)/t13-/m1/s1. The monoisotopic (exact) mass is 328 g/mol. The molecule has 122 valence electrons. The molecule has 0 saturated heterocycles. The van der Waals surface area contributed by atoms with E-state index in [9.17, 15) is 4.79 Å². The molecule has 3 N–H and O–H groups in total. The number of carbonyl (C=O) groups is 1. The predicted octanol–water partition coefficient (Wildman–Crippen LogP) is 4.08. The summed E-state index contributed by atoms with van der Waals surface area (Å²) in [6.07, 6.45) is 4.42. The summed E-state index contributed by atoms with van der Waals surface area (Å²) >= 11 is 1.60. The van der Waals surface area contributed by atoms with E-state index in [0.717, 1.165) is 36.3 Å². The Balaban J connectivity index is 1.73. The Labute approximate surface area is 141 Å². The van der Waals surface area contributed by atoms with Crippen molar-refractivity contribution in [3.05, 3.63) is 51.4 Å². The number of thiophene rings is 1. The molecule has 1 heterocycles. The molecule has 0 bridgehead atoms. The third-order valence-corrected chi connectivity index (χ3v) is 5.86. The van der Waals surface area contributed by atoms with Crippen LogP contribution < -0.4 is 11.1 Å². The Bertz CT molecular complexity index is 703. The number of rotatable bonds is 4. The fourth-order valence-corrected chi connectivity index (χ4v) is 4.48. The maximum atomic E-state index is 12.6. The van der Waals surface area contributed by atoms with E-state index >= 15 is 0 Å². The summed E-state index contributed by atoms with van der Waals surface area (Å²) in [5.74, 6) is 0.708. The van der Waals surface area contributed by atoms with Gasteiger partial charge in [0.2, 0.25) is 0 Å². The first-order valence-electron chi connectivity index (χ1n) is 8.32. The molecule has 0 aliphatic heterocycles. The van der Waals surface area contributed by atoms with Crippen LogP contribution in [0.1, 0.15) is 51.7 Å². The summed E-state index contributed by atoms with van der Waals surface area (Å²) in [5.41, 5.74) is 10.4. The maximum absolute atomic E-state index is 12.6. The SMILES string of the molecule is CC[C@@H]1CCc2c(sc(N)c2C(=O)NCc2ccc(C)cc2)C1. The van der Waals surface area contributed by atoms with Crippen LogP contribution in [0.3, 0.4) is 0 Å². The maximum Gasteiger partial charge on any atom is 0.254 e. The van der Waals surface area contributed by atoms with Crippen LogP contribution in [0.25, 0.3) is 0 Å². The molecule has 1 atom stereocenters. The number of fused-ring (bicyclic) bond motifs is 1. The lowest BCUT2D eigenvalue weighted by Gasteiger charge is -2.21. The average Bonchev–Trinajstić information content (AvgIpc) is 2.88. The van der Waals surface area contributed by atoms with E-state index in [1.165, 1.54) is 22.4 Å². The molecular formula is C19H24N2OS. The molecule has 0 saturated carbocycles. The zero-order chi connectivity index (χ0) is 16.4. The van der Waals surface area contributed by atoms with E-state index < -0.39 is 0 Å². The zero-order valence-electron chi connectivity index (χ0n) is 13.8. The summed E-state index contributed by atoms with van der Waals surface area (Å²) in [4.78, 5) is 13.9. The van der Waals surface area contributed by atoms with Crippen molar-refractivity contribution < 1.29 is 4.79 Å². The first-order chi connectivity index (χ1) is 11.1. The number of aryl methyl sites for hydroxylation is 1. The van der Waals surface area contributed by atoms with Gasteiger partial charge in [-0.15, -0.1) is 11.3 Å². The highest BCUT2D eigenvalue weighted by Crippen LogP contribution is 2.38. The lowest BCUT2D eigenvalue weighted by atomic mass is 9.85. The number of carbonyl (C=O) groups excluding carboxylic acids is 1. The van der Waals surface area contributed by atoms with E-state index in [1.54, 1.807) is 11.3 Å². The van der Waals surface area contributed by atoms with Crippen LogP contribution in [0.4, 0.5) is 5.00 Å².